The number of fused-ring (bicyclic) bond motifs is 2. The molecule has 0 spiro atoms. The van der Waals surface area contributed by atoms with Crippen LogP contribution in [0, 0.1) is 0 Å². The highest BCUT2D eigenvalue weighted by molar-refractivity contribution is 6.08. The molecule has 4 aromatic rings. The Balaban J connectivity index is 1.47. The zero-order chi connectivity index (χ0) is 25.1. The number of pyridine rings is 1. The largest absolute Gasteiger partial charge is 0.493 e. The number of para-hydroxylation sites is 1. The van der Waals surface area contributed by atoms with Gasteiger partial charge in [0.05, 0.1) is 31.0 Å². The minimum absolute atomic E-state index is 0.247. The number of nitrogens with one attached hydrogen (secondary N) is 1. The Labute approximate surface area is 206 Å². The Morgan fingerprint density at radius 1 is 1.06 bits per heavy atom. The zero-order valence-electron chi connectivity index (χ0n) is 19.7. The number of carbonyl (C=O) groups is 2. The van der Waals surface area contributed by atoms with Crippen LogP contribution in [0.5, 0.6) is 11.5 Å². The fourth-order valence-electron chi connectivity index (χ4n) is 4.32. The lowest BCUT2D eigenvalue weighted by atomic mass is 10.0. The first-order chi connectivity index (χ1) is 17.6. The molecular weight excluding hydrogens is 462 g/mol. The summed E-state index contributed by atoms with van der Waals surface area (Å²) in [6.45, 7) is -0.453. The van der Waals surface area contributed by atoms with Gasteiger partial charge in [0.25, 0.3) is 5.91 Å². The first-order valence-electron chi connectivity index (χ1n) is 11.3. The van der Waals surface area contributed by atoms with Crippen LogP contribution < -0.4 is 14.8 Å². The second kappa shape index (κ2) is 9.91. The summed E-state index contributed by atoms with van der Waals surface area (Å²) in [4.78, 5) is 30.3. The third-order valence-electron chi connectivity index (χ3n) is 5.93. The first-order valence-corrected chi connectivity index (χ1v) is 11.3. The van der Waals surface area contributed by atoms with Gasteiger partial charge in [0, 0.05) is 11.5 Å². The summed E-state index contributed by atoms with van der Waals surface area (Å²) in [5.74, 6) is 0.433. The fourth-order valence-corrected chi connectivity index (χ4v) is 4.32. The summed E-state index contributed by atoms with van der Waals surface area (Å²) in [5.41, 5.74) is 4.60. The van der Waals surface area contributed by atoms with Crippen molar-refractivity contribution in [3.8, 4) is 11.5 Å². The predicted molar refractivity (Wildman–Crippen MR) is 133 cm³/mol. The van der Waals surface area contributed by atoms with Crippen molar-refractivity contribution in [1.82, 2.24) is 10.1 Å². The number of carbonyl (C=O) groups excluding carboxylic acids is 2. The van der Waals surface area contributed by atoms with Crippen molar-refractivity contribution >= 4 is 40.2 Å². The van der Waals surface area contributed by atoms with Crippen LogP contribution in [0.2, 0.25) is 0 Å². The van der Waals surface area contributed by atoms with Crippen LogP contribution in [0.3, 0.4) is 0 Å². The lowest BCUT2D eigenvalue weighted by molar-refractivity contribution is -0.119. The van der Waals surface area contributed by atoms with Gasteiger partial charge in [0.2, 0.25) is 0 Å². The molecule has 1 N–H and O–H groups in total. The van der Waals surface area contributed by atoms with Crippen molar-refractivity contribution in [2.75, 3.05) is 26.1 Å². The molecule has 1 amide bonds. The normalized spacial score (nSPS) is 13.4. The number of hydrogen-bond donors (Lipinski definition) is 1. The van der Waals surface area contributed by atoms with Crippen molar-refractivity contribution in [2.45, 2.75) is 12.8 Å². The number of methoxy groups -OCH3 is 2. The van der Waals surface area contributed by atoms with Gasteiger partial charge in [-0.15, -0.1) is 0 Å². The van der Waals surface area contributed by atoms with E-state index in [-0.39, 0.29) is 5.82 Å². The molecule has 182 valence electrons. The zero-order valence-corrected chi connectivity index (χ0v) is 19.7. The fraction of sp³-hybridized carbons (Fsp3) is 0.185. The molecule has 0 aliphatic heterocycles. The minimum atomic E-state index is -0.576. The molecule has 1 aliphatic rings. The molecule has 9 heteroatoms. The van der Waals surface area contributed by atoms with Gasteiger partial charge in [-0.1, -0.05) is 29.4 Å². The number of anilines is 1. The molecule has 0 bridgehead atoms. The molecule has 0 atom stereocenters. The minimum Gasteiger partial charge on any atom is -0.493 e. The maximum atomic E-state index is 13.2. The van der Waals surface area contributed by atoms with E-state index in [0.717, 1.165) is 22.4 Å². The SMILES string of the molecule is COc1ccc(/C=C2\CCc3c2nc2ccccc2c3C(=O)OCC(=O)Nc2ccon2)cc1OC. The van der Waals surface area contributed by atoms with Crippen molar-refractivity contribution in [3.05, 3.63) is 77.2 Å². The smallest absolute Gasteiger partial charge is 0.339 e. The van der Waals surface area contributed by atoms with E-state index < -0.39 is 18.5 Å². The molecular formula is C27H23N3O6. The number of ether oxygens (including phenoxy) is 3. The third kappa shape index (κ3) is 4.50. The second-order valence-electron chi connectivity index (χ2n) is 8.12. The summed E-state index contributed by atoms with van der Waals surface area (Å²) in [6.07, 6.45) is 4.71. The molecule has 36 heavy (non-hydrogen) atoms. The Kier molecular flexibility index (Phi) is 6.36. The van der Waals surface area contributed by atoms with Gasteiger partial charge in [-0.25, -0.2) is 9.78 Å². The van der Waals surface area contributed by atoms with E-state index in [1.54, 1.807) is 14.2 Å². The van der Waals surface area contributed by atoms with E-state index in [0.29, 0.717) is 40.8 Å². The molecule has 9 nitrogen and oxygen atoms in total. The van der Waals surface area contributed by atoms with E-state index >= 15 is 0 Å². The maximum Gasteiger partial charge on any atom is 0.339 e. The Bertz CT molecular complexity index is 1480. The monoisotopic (exact) mass is 485 g/mol. The number of benzene rings is 2. The number of esters is 1. The first kappa shape index (κ1) is 23.1. The topological polar surface area (TPSA) is 113 Å². The number of allylic oxidation sites excluding steroid dienone is 1. The molecule has 0 radical (unpaired) electrons. The number of amides is 1. The molecule has 2 aromatic carbocycles. The molecule has 0 saturated heterocycles. The van der Waals surface area contributed by atoms with Gasteiger partial charge in [-0.05, 0) is 53.8 Å². The predicted octanol–water partition coefficient (Wildman–Crippen LogP) is 4.52. The Morgan fingerprint density at radius 3 is 2.67 bits per heavy atom. The molecule has 2 heterocycles. The van der Waals surface area contributed by atoms with E-state index in [1.165, 1.54) is 12.3 Å². The second-order valence-corrected chi connectivity index (χ2v) is 8.12. The van der Waals surface area contributed by atoms with Crippen LogP contribution in [-0.2, 0) is 16.0 Å². The molecule has 5 rings (SSSR count). The van der Waals surface area contributed by atoms with Gasteiger partial charge in [0.1, 0.15) is 6.26 Å². The standard InChI is InChI=1S/C27H23N3O6/c1-33-21-10-7-16(14-22(21)34-2)13-17-8-9-19-25(18-5-3-4-6-20(18)28-26(17)19)27(32)35-15-24(31)29-23-11-12-36-30-23/h3-7,10-14H,8-9,15H2,1-2H3,(H,29,30,31)/b17-13+. The quantitative estimate of drug-likeness (QED) is 0.380. The lowest BCUT2D eigenvalue weighted by Gasteiger charge is -2.12. The van der Waals surface area contributed by atoms with Crippen LogP contribution in [0.25, 0.3) is 22.6 Å². The van der Waals surface area contributed by atoms with Crippen molar-refractivity contribution in [2.24, 2.45) is 0 Å². The maximum absolute atomic E-state index is 13.2. The van der Waals surface area contributed by atoms with Crippen LogP contribution in [0.15, 0.2) is 59.3 Å². The van der Waals surface area contributed by atoms with Crippen molar-refractivity contribution in [1.29, 1.82) is 0 Å². The van der Waals surface area contributed by atoms with Gasteiger partial charge in [0.15, 0.2) is 23.9 Å². The van der Waals surface area contributed by atoms with Crippen LogP contribution in [-0.4, -0.2) is 42.8 Å². The molecule has 1 aliphatic carbocycles. The van der Waals surface area contributed by atoms with Crippen molar-refractivity contribution < 1.29 is 28.3 Å². The van der Waals surface area contributed by atoms with Crippen molar-refractivity contribution in [3.63, 3.8) is 0 Å². The average Bonchev–Trinajstić information content (AvgIpc) is 3.55. The summed E-state index contributed by atoms with van der Waals surface area (Å²) in [6, 6.07) is 14.6. The summed E-state index contributed by atoms with van der Waals surface area (Å²) in [7, 11) is 3.19. The van der Waals surface area contributed by atoms with Crippen LogP contribution in [0.4, 0.5) is 5.82 Å². The summed E-state index contributed by atoms with van der Waals surface area (Å²) < 4.78 is 20.8. The van der Waals surface area contributed by atoms with Gasteiger partial charge >= 0.3 is 5.97 Å². The van der Waals surface area contributed by atoms with E-state index in [2.05, 4.69) is 15.0 Å². The highest BCUT2D eigenvalue weighted by atomic mass is 16.5. The highest BCUT2D eigenvalue weighted by Crippen LogP contribution is 2.38. The molecule has 2 aromatic heterocycles. The van der Waals surface area contributed by atoms with E-state index in [1.807, 2.05) is 48.5 Å². The summed E-state index contributed by atoms with van der Waals surface area (Å²) in [5, 5.41) is 6.81. The number of rotatable bonds is 7. The van der Waals surface area contributed by atoms with Gasteiger partial charge in [-0.3, -0.25) is 4.79 Å². The van der Waals surface area contributed by atoms with Gasteiger partial charge in [-0.2, -0.15) is 0 Å². The summed E-state index contributed by atoms with van der Waals surface area (Å²) >= 11 is 0. The Hall–Kier alpha value is -4.66. The molecule has 0 unspecified atom stereocenters. The van der Waals surface area contributed by atoms with Gasteiger partial charge < -0.3 is 24.1 Å². The van der Waals surface area contributed by atoms with Crippen LogP contribution in [0.1, 0.15) is 33.6 Å². The lowest BCUT2D eigenvalue weighted by Crippen LogP contribution is -2.22. The van der Waals surface area contributed by atoms with Crippen LogP contribution >= 0.6 is 0 Å². The Morgan fingerprint density at radius 2 is 1.89 bits per heavy atom. The third-order valence-corrected chi connectivity index (χ3v) is 5.93. The number of nitrogens with zero attached hydrogens (tertiary/aromatic N) is 2. The molecule has 0 saturated carbocycles. The number of hydrogen-bond acceptors (Lipinski definition) is 8. The highest BCUT2D eigenvalue weighted by Gasteiger charge is 2.28. The van der Waals surface area contributed by atoms with E-state index in [4.69, 9.17) is 19.2 Å². The number of aromatic nitrogens is 2. The molecule has 0 fully saturated rings. The van der Waals surface area contributed by atoms with E-state index in [9.17, 15) is 9.59 Å². The average molecular weight is 485 g/mol.